The fraction of sp³-hybridized carbons (Fsp3) is 0.296. The van der Waals surface area contributed by atoms with Gasteiger partial charge in [0.2, 0.25) is 15.9 Å². The Balaban J connectivity index is 1.83. The van der Waals surface area contributed by atoms with Crippen LogP contribution in [-0.2, 0) is 27.8 Å². The second-order valence-electron chi connectivity index (χ2n) is 8.26. The minimum atomic E-state index is -3.90. The quantitative estimate of drug-likeness (QED) is 0.436. The van der Waals surface area contributed by atoms with Crippen LogP contribution in [0.4, 0.5) is 0 Å². The van der Waals surface area contributed by atoms with Crippen molar-refractivity contribution < 1.29 is 22.7 Å². The number of aryl methyl sites for hydroxylation is 2. The fourth-order valence-corrected chi connectivity index (χ4v) is 5.52. The predicted molar refractivity (Wildman–Crippen MR) is 136 cm³/mol. The van der Waals surface area contributed by atoms with Crippen LogP contribution in [0.3, 0.4) is 0 Å². The van der Waals surface area contributed by atoms with Crippen LogP contribution in [0.25, 0.3) is 0 Å². The molecule has 0 atom stereocenters. The lowest BCUT2D eigenvalue weighted by atomic mass is 10.1. The number of nitrogens with zero attached hydrogens (tertiary/aromatic N) is 1. The van der Waals surface area contributed by atoms with Crippen molar-refractivity contribution in [1.29, 1.82) is 0 Å². The molecule has 7 nitrogen and oxygen atoms in total. The zero-order valence-corrected chi connectivity index (χ0v) is 21.4. The number of hydrogen-bond donors (Lipinski definition) is 1. The standard InChI is InChI=1S/C27H32N2O5S/c1-20-13-14-21(2)26(17-20)35(31,32)29(16-15-22-9-6-5-7-10-22)19-27(30)28-18-23-24(33-3)11-8-12-25(23)34-4/h5-14,17H,15-16,18-19H2,1-4H3,(H,28,30). The number of carbonyl (C=O) groups is 1. The zero-order valence-electron chi connectivity index (χ0n) is 20.6. The highest BCUT2D eigenvalue weighted by atomic mass is 32.2. The van der Waals surface area contributed by atoms with Crippen molar-refractivity contribution in [1.82, 2.24) is 9.62 Å². The van der Waals surface area contributed by atoms with Gasteiger partial charge in [0.1, 0.15) is 11.5 Å². The Morgan fingerprint density at radius 3 is 2.20 bits per heavy atom. The van der Waals surface area contributed by atoms with Gasteiger partial charge >= 0.3 is 0 Å². The molecule has 0 heterocycles. The first-order valence-corrected chi connectivity index (χ1v) is 12.8. The van der Waals surface area contributed by atoms with Crippen molar-refractivity contribution in [2.45, 2.75) is 31.7 Å². The van der Waals surface area contributed by atoms with E-state index in [1.165, 1.54) is 4.31 Å². The molecule has 8 heteroatoms. The van der Waals surface area contributed by atoms with E-state index in [4.69, 9.17) is 9.47 Å². The van der Waals surface area contributed by atoms with E-state index in [0.29, 0.717) is 29.0 Å². The van der Waals surface area contributed by atoms with E-state index >= 15 is 0 Å². The number of ether oxygens (including phenoxy) is 2. The third kappa shape index (κ3) is 6.61. The van der Waals surface area contributed by atoms with Crippen LogP contribution in [0.5, 0.6) is 11.5 Å². The summed E-state index contributed by atoms with van der Waals surface area (Å²) in [5.41, 5.74) is 3.15. The van der Waals surface area contributed by atoms with Crippen LogP contribution in [-0.4, -0.2) is 45.9 Å². The smallest absolute Gasteiger partial charge is 0.243 e. The summed E-state index contributed by atoms with van der Waals surface area (Å²) < 4.78 is 39.3. The Morgan fingerprint density at radius 1 is 0.914 bits per heavy atom. The molecule has 3 aromatic carbocycles. The van der Waals surface area contributed by atoms with E-state index in [-0.39, 0.29) is 24.5 Å². The summed E-state index contributed by atoms with van der Waals surface area (Å²) in [7, 11) is -0.817. The maximum Gasteiger partial charge on any atom is 0.243 e. The van der Waals surface area contributed by atoms with Gasteiger partial charge in [-0.15, -0.1) is 0 Å². The maximum absolute atomic E-state index is 13.6. The average Bonchev–Trinajstić information content (AvgIpc) is 2.86. The normalized spacial score (nSPS) is 11.3. The molecule has 1 N–H and O–H groups in total. The molecular weight excluding hydrogens is 464 g/mol. The number of carbonyl (C=O) groups excluding carboxylic acids is 1. The molecule has 0 saturated carbocycles. The van der Waals surface area contributed by atoms with Gasteiger partial charge in [-0.2, -0.15) is 4.31 Å². The van der Waals surface area contributed by atoms with Crippen molar-refractivity contribution in [2.75, 3.05) is 27.3 Å². The summed E-state index contributed by atoms with van der Waals surface area (Å²) in [6, 6.07) is 20.3. The molecule has 3 aromatic rings. The molecule has 1 amide bonds. The van der Waals surface area contributed by atoms with Gasteiger partial charge in [-0.3, -0.25) is 4.79 Å². The number of methoxy groups -OCH3 is 2. The molecule has 35 heavy (non-hydrogen) atoms. The minimum Gasteiger partial charge on any atom is -0.496 e. The highest BCUT2D eigenvalue weighted by molar-refractivity contribution is 7.89. The summed E-state index contributed by atoms with van der Waals surface area (Å²) in [6.07, 6.45) is 0.485. The lowest BCUT2D eigenvalue weighted by molar-refractivity contribution is -0.121. The summed E-state index contributed by atoms with van der Waals surface area (Å²) in [5.74, 6) is 0.738. The van der Waals surface area contributed by atoms with E-state index in [1.54, 1.807) is 51.5 Å². The Morgan fingerprint density at radius 2 is 1.57 bits per heavy atom. The average molecular weight is 497 g/mol. The summed E-state index contributed by atoms with van der Waals surface area (Å²) in [6.45, 7) is 3.61. The Bertz CT molecular complexity index is 1240. The Hall–Kier alpha value is -3.36. The van der Waals surface area contributed by atoms with E-state index in [0.717, 1.165) is 11.1 Å². The molecular formula is C27H32N2O5S. The molecule has 3 rings (SSSR count). The summed E-state index contributed by atoms with van der Waals surface area (Å²) in [5, 5.41) is 2.82. The van der Waals surface area contributed by atoms with E-state index in [2.05, 4.69) is 5.32 Å². The molecule has 0 bridgehead atoms. The number of amides is 1. The first-order chi connectivity index (χ1) is 16.8. The maximum atomic E-state index is 13.6. The predicted octanol–water partition coefficient (Wildman–Crippen LogP) is 3.87. The first kappa shape index (κ1) is 26.2. The SMILES string of the molecule is COc1cccc(OC)c1CNC(=O)CN(CCc1ccccc1)S(=O)(=O)c1cc(C)ccc1C. The summed E-state index contributed by atoms with van der Waals surface area (Å²) in [4.78, 5) is 13.2. The molecule has 0 aliphatic heterocycles. The lowest BCUT2D eigenvalue weighted by Crippen LogP contribution is -2.41. The number of hydrogen-bond acceptors (Lipinski definition) is 5. The first-order valence-electron chi connectivity index (χ1n) is 11.3. The van der Waals surface area contributed by atoms with E-state index in [1.807, 2.05) is 43.3 Å². The molecule has 0 radical (unpaired) electrons. The van der Waals surface area contributed by atoms with Gasteiger partial charge in [0.05, 0.1) is 37.8 Å². The van der Waals surface area contributed by atoms with Gasteiger partial charge in [0.25, 0.3) is 0 Å². The van der Waals surface area contributed by atoms with Crippen LogP contribution < -0.4 is 14.8 Å². The van der Waals surface area contributed by atoms with Gasteiger partial charge in [0.15, 0.2) is 0 Å². The molecule has 0 aromatic heterocycles. The Labute approximate surface area is 207 Å². The Kier molecular flexibility index (Phi) is 8.89. The second-order valence-corrected chi connectivity index (χ2v) is 10.2. The van der Waals surface area contributed by atoms with Crippen molar-refractivity contribution in [3.8, 4) is 11.5 Å². The topological polar surface area (TPSA) is 84.9 Å². The van der Waals surface area contributed by atoms with Crippen LogP contribution in [0, 0.1) is 13.8 Å². The number of rotatable bonds is 11. The van der Waals surface area contributed by atoms with E-state index < -0.39 is 15.9 Å². The fourth-order valence-electron chi connectivity index (χ4n) is 3.81. The van der Waals surface area contributed by atoms with Gasteiger partial charge in [-0.25, -0.2) is 8.42 Å². The number of benzene rings is 3. The second kappa shape index (κ2) is 11.9. The van der Waals surface area contributed by atoms with Crippen LogP contribution in [0.2, 0.25) is 0 Å². The van der Waals surface area contributed by atoms with Crippen molar-refractivity contribution in [3.05, 3.63) is 89.0 Å². The highest BCUT2D eigenvalue weighted by Crippen LogP contribution is 2.28. The van der Waals surface area contributed by atoms with Crippen molar-refractivity contribution >= 4 is 15.9 Å². The van der Waals surface area contributed by atoms with Crippen LogP contribution in [0.15, 0.2) is 71.6 Å². The third-order valence-electron chi connectivity index (χ3n) is 5.77. The lowest BCUT2D eigenvalue weighted by Gasteiger charge is -2.23. The molecule has 0 aliphatic carbocycles. The zero-order chi connectivity index (χ0) is 25.4. The minimum absolute atomic E-state index is 0.141. The third-order valence-corrected chi connectivity index (χ3v) is 7.75. The summed E-state index contributed by atoms with van der Waals surface area (Å²) >= 11 is 0. The van der Waals surface area contributed by atoms with Crippen LogP contribution >= 0.6 is 0 Å². The van der Waals surface area contributed by atoms with Crippen molar-refractivity contribution in [2.24, 2.45) is 0 Å². The highest BCUT2D eigenvalue weighted by Gasteiger charge is 2.28. The van der Waals surface area contributed by atoms with Gasteiger partial charge in [-0.1, -0.05) is 48.5 Å². The molecule has 0 aliphatic rings. The monoisotopic (exact) mass is 496 g/mol. The van der Waals surface area contributed by atoms with Gasteiger partial charge in [-0.05, 0) is 55.2 Å². The number of sulfonamides is 1. The van der Waals surface area contributed by atoms with Crippen LogP contribution in [0.1, 0.15) is 22.3 Å². The van der Waals surface area contributed by atoms with Crippen molar-refractivity contribution in [3.63, 3.8) is 0 Å². The number of nitrogens with one attached hydrogen (secondary N) is 1. The molecule has 0 spiro atoms. The van der Waals surface area contributed by atoms with Gasteiger partial charge in [0, 0.05) is 6.54 Å². The largest absolute Gasteiger partial charge is 0.496 e. The van der Waals surface area contributed by atoms with E-state index in [9.17, 15) is 13.2 Å². The molecule has 0 fully saturated rings. The molecule has 0 saturated heterocycles. The molecule has 186 valence electrons. The molecule has 0 unspecified atom stereocenters. The van der Waals surface area contributed by atoms with Gasteiger partial charge < -0.3 is 14.8 Å².